The third-order valence-electron chi connectivity index (χ3n) is 2.16. The van der Waals surface area contributed by atoms with Crippen LogP contribution in [0.25, 0.3) is 0 Å². The maximum Gasteiger partial charge on any atom is 0.276 e. The van der Waals surface area contributed by atoms with E-state index in [1.807, 2.05) is 0 Å². The second-order valence-corrected chi connectivity index (χ2v) is 3.11. The molecule has 0 aliphatic carbocycles. The van der Waals surface area contributed by atoms with Gasteiger partial charge in [0.25, 0.3) is 5.69 Å². The fourth-order valence-electron chi connectivity index (χ4n) is 1.40. The van der Waals surface area contributed by atoms with Gasteiger partial charge in [-0.25, -0.2) is 13.2 Å². The van der Waals surface area contributed by atoms with Gasteiger partial charge in [-0.3, -0.25) is 10.1 Å². The Morgan fingerprint density at radius 2 is 2.06 bits per heavy atom. The Kier molecular flexibility index (Phi) is 3.83. The zero-order valence-corrected chi connectivity index (χ0v) is 8.07. The molecule has 1 atom stereocenters. The minimum Gasteiger partial charge on any atom is -0.330 e. The van der Waals surface area contributed by atoms with Crippen molar-refractivity contribution in [1.29, 1.82) is 0 Å². The summed E-state index contributed by atoms with van der Waals surface area (Å²) >= 11 is 0. The average Bonchev–Trinajstić information content (AvgIpc) is 2.20. The molecule has 2 N–H and O–H groups in total. The summed E-state index contributed by atoms with van der Waals surface area (Å²) in [6.07, 6.45) is -2.94. The fourth-order valence-corrected chi connectivity index (χ4v) is 1.40. The molecule has 0 amide bonds. The summed E-state index contributed by atoms with van der Waals surface area (Å²) in [5.41, 5.74) is 3.77. The monoisotopic (exact) mass is 234 g/mol. The molecule has 0 bridgehead atoms. The summed E-state index contributed by atoms with van der Waals surface area (Å²) in [6, 6.07) is 2.97. The van der Waals surface area contributed by atoms with Gasteiger partial charge in [0.1, 0.15) is 5.82 Å². The lowest BCUT2D eigenvalue weighted by Crippen LogP contribution is -2.22. The summed E-state index contributed by atoms with van der Waals surface area (Å²) in [4.78, 5) is 9.67. The number of rotatable bonds is 4. The predicted molar refractivity (Wildman–Crippen MR) is 50.9 cm³/mol. The van der Waals surface area contributed by atoms with Crippen molar-refractivity contribution >= 4 is 5.69 Å². The van der Waals surface area contributed by atoms with Crippen LogP contribution >= 0.6 is 0 Å². The largest absolute Gasteiger partial charge is 0.330 e. The van der Waals surface area contributed by atoms with Crippen LogP contribution in [0.4, 0.5) is 18.9 Å². The third kappa shape index (κ3) is 2.30. The number of hydrogen-bond donors (Lipinski definition) is 1. The lowest BCUT2D eigenvalue weighted by molar-refractivity contribution is -0.386. The molecule has 4 nitrogen and oxygen atoms in total. The van der Waals surface area contributed by atoms with E-state index in [-0.39, 0.29) is 0 Å². The molecule has 0 saturated heterocycles. The number of hydrogen-bond acceptors (Lipinski definition) is 3. The zero-order valence-electron chi connectivity index (χ0n) is 8.07. The van der Waals surface area contributed by atoms with Gasteiger partial charge in [0.05, 0.1) is 16.4 Å². The Morgan fingerprint density at radius 3 is 2.50 bits per heavy atom. The molecule has 1 aromatic carbocycles. The molecule has 1 unspecified atom stereocenters. The Hall–Kier alpha value is -1.63. The molecule has 0 aromatic heterocycles. The summed E-state index contributed by atoms with van der Waals surface area (Å²) in [5.74, 6) is -2.70. The first-order valence-corrected chi connectivity index (χ1v) is 4.40. The average molecular weight is 234 g/mol. The number of nitrogens with zero attached hydrogens (tertiary/aromatic N) is 1. The maximum atomic E-state index is 13.3. The highest BCUT2D eigenvalue weighted by Gasteiger charge is 2.31. The van der Waals surface area contributed by atoms with Gasteiger partial charge in [0.2, 0.25) is 6.43 Å². The SMILES string of the molecule is NCC(c1c(F)cccc1[N+](=O)[O-])C(F)F. The maximum absolute atomic E-state index is 13.3. The van der Waals surface area contributed by atoms with Crippen molar-refractivity contribution in [2.45, 2.75) is 12.3 Å². The number of halogens is 3. The topological polar surface area (TPSA) is 69.2 Å². The minimum atomic E-state index is -2.94. The van der Waals surface area contributed by atoms with Crippen molar-refractivity contribution in [3.05, 3.63) is 39.7 Å². The standard InChI is InChI=1S/C9H9F3N2O2/c10-6-2-1-3-7(14(15)16)8(6)5(4-13)9(11)12/h1-3,5,9H,4,13H2. The zero-order chi connectivity index (χ0) is 12.3. The van der Waals surface area contributed by atoms with E-state index in [4.69, 9.17) is 5.73 Å². The summed E-state index contributed by atoms with van der Waals surface area (Å²) in [5, 5.41) is 10.6. The first kappa shape index (κ1) is 12.4. The third-order valence-corrected chi connectivity index (χ3v) is 2.16. The first-order valence-electron chi connectivity index (χ1n) is 4.40. The molecule has 7 heteroatoms. The number of benzene rings is 1. The van der Waals surface area contributed by atoms with E-state index in [9.17, 15) is 23.3 Å². The van der Waals surface area contributed by atoms with E-state index in [1.54, 1.807) is 0 Å². The van der Waals surface area contributed by atoms with E-state index in [1.165, 1.54) is 0 Å². The van der Waals surface area contributed by atoms with E-state index in [0.29, 0.717) is 0 Å². The highest BCUT2D eigenvalue weighted by Crippen LogP contribution is 2.32. The molecule has 1 rings (SSSR count). The highest BCUT2D eigenvalue weighted by atomic mass is 19.3. The number of nitro benzene ring substituents is 1. The van der Waals surface area contributed by atoms with Gasteiger partial charge in [-0.2, -0.15) is 0 Å². The lowest BCUT2D eigenvalue weighted by Gasteiger charge is -2.14. The van der Waals surface area contributed by atoms with E-state index in [2.05, 4.69) is 0 Å². The Labute approximate surface area is 89.0 Å². The molecular weight excluding hydrogens is 225 g/mol. The number of nitrogens with two attached hydrogens (primary N) is 1. The van der Waals surface area contributed by atoms with Crippen LogP contribution in [-0.2, 0) is 0 Å². The molecule has 0 aliphatic heterocycles. The smallest absolute Gasteiger partial charge is 0.276 e. The second kappa shape index (κ2) is 4.93. The first-order chi connectivity index (χ1) is 7.49. The molecule has 0 aliphatic rings. The van der Waals surface area contributed by atoms with Crippen molar-refractivity contribution in [3.8, 4) is 0 Å². The summed E-state index contributed by atoms with van der Waals surface area (Å²) < 4.78 is 38.4. The van der Waals surface area contributed by atoms with Crippen molar-refractivity contribution in [1.82, 2.24) is 0 Å². The van der Waals surface area contributed by atoms with Crippen LogP contribution in [0.3, 0.4) is 0 Å². The van der Waals surface area contributed by atoms with Crippen molar-refractivity contribution in [2.75, 3.05) is 6.54 Å². The van der Waals surface area contributed by atoms with Crippen LogP contribution < -0.4 is 5.73 Å². The van der Waals surface area contributed by atoms with Crippen LogP contribution in [-0.4, -0.2) is 17.9 Å². The van der Waals surface area contributed by atoms with Crippen LogP contribution in [0.5, 0.6) is 0 Å². The second-order valence-electron chi connectivity index (χ2n) is 3.11. The lowest BCUT2D eigenvalue weighted by atomic mass is 9.97. The quantitative estimate of drug-likeness (QED) is 0.640. The van der Waals surface area contributed by atoms with Crippen molar-refractivity contribution in [3.63, 3.8) is 0 Å². The summed E-state index contributed by atoms with van der Waals surface area (Å²) in [7, 11) is 0. The van der Waals surface area contributed by atoms with Crippen LogP contribution in [0.1, 0.15) is 11.5 Å². The van der Waals surface area contributed by atoms with Gasteiger partial charge >= 0.3 is 0 Å². The van der Waals surface area contributed by atoms with E-state index >= 15 is 0 Å². The Bertz CT molecular complexity index is 398. The molecule has 1 aromatic rings. The predicted octanol–water partition coefficient (Wildman–Crippen LogP) is 2.04. The normalized spacial score (nSPS) is 12.8. The number of nitro groups is 1. The molecule has 0 spiro atoms. The van der Waals surface area contributed by atoms with Crippen molar-refractivity contribution in [2.24, 2.45) is 5.73 Å². The van der Waals surface area contributed by atoms with Gasteiger partial charge in [-0.05, 0) is 6.07 Å². The van der Waals surface area contributed by atoms with Crippen molar-refractivity contribution < 1.29 is 18.1 Å². The Morgan fingerprint density at radius 1 is 1.44 bits per heavy atom. The molecule has 0 radical (unpaired) electrons. The van der Waals surface area contributed by atoms with Crippen LogP contribution in [0.2, 0.25) is 0 Å². The van der Waals surface area contributed by atoms with E-state index < -0.39 is 40.9 Å². The van der Waals surface area contributed by atoms with Gasteiger partial charge in [-0.15, -0.1) is 0 Å². The molecule has 88 valence electrons. The summed E-state index contributed by atoms with van der Waals surface area (Å²) in [6.45, 7) is -0.556. The molecule has 0 fully saturated rings. The van der Waals surface area contributed by atoms with Gasteiger partial charge < -0.3 is 5.73 Å². The van der Waals surface area contributed by atoms with Gasteiger partial charge in [0, 0.05) is 12.6 Å². The molecule has 0 saturated carbocycles. The molecular formula is C9H9F3N2O2. The number of alkyl halides is 2. The Balaban J connectivity index is 3.34. The van der Waals surface area contributed by atoms with Gasteiger partial charge in [0.15, 0.2) is 0 Å². The van der Waals surface area contributed by atoms with Gasteiger partial charge in [-0.1, -0.05) is 6.07 Å². The fraction of sp³-hybridized carbons (Fsp3) is 0.333. The van der Waals surface area contributed by atoms with Crippen LogP contribution in [0, 0.1) is 15.9 Å². The molecule has 16 heavy (non-hydrogen) atoms. The highest BCUT2D eigenvalue weighted by molar-refractivity contribution is 5.44. The minimum absolute atomic E-state index is 0.556. The molecule has 0 heterocycles. The van der Waals surface area contributed by atoms with Crippen LogP contribution in [0.15, 0.2) is 18.2 Å². The van der Waals surface area contributed by atoms with E-state index in [0.717, 1.165) is 18.2 Å².